The van der Waals surface area contributed by atoms with E-state index < -0.39 is 12.1 Å². The zero-order chi connectivity index (χ0) is 18.7. The molecule has 0 amide bonds. The molecule has 0 unspecified atom stereocenters. The molecule has 2 aromatic carbocycles. The van der Waals surface area contributed by atoms with Crippen LogP contribution in [0.2, 0.25) is 5.02 Å². The zero-order valence-corrected chi connectivity index (χ0v) is 13.7. The first-order chi connectivity index (χ1) is 12.3. The van der Waals surface area contributed by atoms with Crippen molar-refractivity contribution >= 4 is 17.4 Å². The molecule has 0 saturated carbocycles. The van der Waals surface area contributed by atoms with Gasteiger partial charge in [0.15, 0.2) is 12.4 Å². The fraction of sp³-hybridized carbons (Fsp3) is 0.118. The first-order valence-electron chi connectivity index (χ1n) is 7.26. The minimum Gasteiger partial charge on any atom is -0.485 e. The van der Waals surface area contributed by atoms with E-state index in [-0.39, 0.29) is 18.2 Å². The maximum atomic E-state index is 12.5. The Kier molecular flexibility index (Phi) is 4.94. The van der Waals surface area contributed by atoms with E-state index in [0.717, 1.165) is 0 Å². The van der Waals surface area contributed by atoms with Gasteiger partial charge >= 0.3 is 12.1 Å². The van der Waals surface area contributed by atoms with Gasteiger partial charge in [0.2, 0.25) is 5.82 Å². The topological polar surface area (TPSA) is 65.2 Å². The van der Waals surface area contributed by atoms with Gasteiger partial charge < -0.3 is 9.26 Å². The van der Waals surface area contributed by atoms with Gasteiger partial charge in [-0.3, -0.25) is 4.79 Å². The number of hydrogen-bond donors (Lipinski definition) is 0. The highest BCUT2D eigenvalue weighted by Crippen LogP contribution is 2.29. The summed E-state index contributed by atoms with van der Waals surface area (Å²) in [5, 5.41) is 3.83. The molecule has 3 aromatic rings. The Morgan fingerprint density at radius 2 is 1.73 bits per heavy atom. The second-order valence-corrected chi connectivity index (χ2v) is 5.60. The highest BCUT2D eigenvalue weighted by atomic mass is 35.5. The third-order valence-electron chi connectivity index (χ3n) is 3.32. The summed E-state index contributed by atoms with van der Waals surface area (Å²) in [4.78, 5) is 15.4. The number of ketones is 1. The Bertz CT molecular complexity index is 906. The van der Waals surface area contributed by atoms with E-state index in [0.29, 0.717) is 21.9 Å². The van der Waals surface area contributed by atoms with Crippen LogP contribution in [0.15, 0.2) is 53.1 Å². The first-order valence-corrected chi connectivity index (χ1v) is 7.63. The van der Waals surface area contributed by atoms with Crippen molar-refractivity contribution in [2.24, 2.45) is 0 Å². The first kappa shape index (κ1) is 17.9. The van der Waals surface area contributed by atoms with E-state index in [2.05, 4.69) is 14.7 Å². The monoisotopic (exact) mass is 382 g/mol. The lowest BCUT2D eigenvalue weighted by atomic mass is 10.1. The second-order valence-electron chi connectivity index (χ2n) is 5.16. The van der Waals surface area contributed by atoms with Crippen molar-refractivity contribution in [2.75, 3.05) is 6.61 Å². The standard InChI is InChI=1S/C17H10ClF3N2O3/c18-12-5-7-13(8-6-12)25-9-14(24)10-1-3-11(4-2-10)15-22-16(26-23-15)17(19,20)21/h1-8H,9H2. The third-order valence-corrected chi connectivity index (χ3v) is 3.57. The van der Waals surface area contributed by atoms with Gasteiger partial charge in [-0.2, -0.15) is 18.2 Å². The highest BCUT2D eigenvalue weighted by molar-refractivity contribution is 6.30. The molecule has 0 radical (unpaired) electrons. The van der Waals surface area contributed by atoms with Gasteiger partial charge in [0, 0.05) is 16.1 Å². The van der Waals surface area contributed by atoms with Crippen molar-refractivity contribution in [3.63, 3.8) is 0 Å². The molecule has 0 fully saturated rings. The number of rotatable bonds is 5. The number of carbonyl (C=O) groups excluding carboxylic acids is 1. The molecule has 0 atom stereocenters. The molecule has 134 valence electrons. The summed E-state index contributed by atoms with van der Waals surface area (Å²) in [7, 11) is 0. The summed E-state index contributed by atoms with van der Waals surface area (Å²) in [5.41, 5.74) is 0.627. The van der Waals surface area contributed by atoms with Crippen LogP contribution in [0.25, 0.3) is 11.4 Å². The van der Waals surface area contributed by atoms with Crippen molar-refractivity contribution < 1.29 is 27.2 Å². The summed E-state index contributed by atoms with van der Waals surface area (Å²) in [6.07, 6.45) is -4.71. The molecule has 0 spiro atoms. The third kappa shape index (κ3) is 4.20. The Labute approximate surface area is 150 Å². The van der Waals surface area contributed by atoms with E-state index in [1.165, 1.54) is 24.3 Å². The van der Waals surface area contributed by atoms with E-state index in [1.54, 1.807) is 24.3 Å². The molecule has 0 N–H and O–H groups in total. The highest BCUT2D eigenvalue weighted by Gasteiger charge is 2.38. The molecule has 0 saturated heterocycles. The molecule has 5 nitrogen and oxygen atoms in total. The number of hydrogen-bond acceptors (Lipinski definition) is 5. The number of ether oxygens (including phenoxy) is 1. The van der Waals surface area contributed by atoms with Gasteiger partial charge in [0.25, 0.3) is 0 Å². The lowest BCUT2D eigenvalue weighted by Crippen LogP contribution is -2.11. The summed E-state index contributed by atoms with van der Waals surface area (Å²) >= 11 is 5.76. The molecule has 1 heterocycles. The van der Waals surface area contributed by atoms with Crippen LogP contribution in [0.1, 0.15) is 16.2 Å². The molecule has 26 heavy (non-hydrogen) atoms. The fourth-order valence-electron chi connectivity index (χ4n) is 2.02. The van der Waals surface area contributed by atoms with Gasteiger partial charge in [-0.05, 0) is 24.3 Å². The summed E-state index contributed by atoms with van der Waals surface area (Å²) in [6, 6.07) is 12.3. The summed E-state index contributed by atoms with van der Waals surface area (Å²) < 4.78 is 46.9. The normalized spacial score (nSPS) is 11.4. The SMILES string of the molecule is O=C(COc1ccc(Cl)cc1)c1ccc(-c2noc(C(F)(F)F)n2)cc1. The average molecular weight is 383 g/mol. The maximum absolute atomic E-state index is 12.5. The van der Waals surface area contributed by atoms with Crippen LogP contribution in [0.3, 0.4) is 0 Å². The molecule has 0 aliphatic rings. The van der Waals surface area contributed by atoms with Crippen LogP contribution in [0.4, 0.5) is 13.2 Å². The van der Waals surface area contributed by atoms with Gasteiger partial charge in [0.05, 0.1) is 0 Å². The number of alkyl halides is 3. The number of aromatic nitrogens is 2. The van der Waals surface area contributed by atoms with Crippen LogP contribution < -0.4 is 4.74 Å². The van der Waals surface area contributed by atoms with E-state index in [1.807, 2.05) is 0 Å². The second kappa shape index (κ2) is 7.17. The number of halogens is 4. The smallest absolute Gasteiger partial charge is 0.471 e. The predicted molar refractivity (Wildman–Crippen MR) is 86.0 cm³/mol. The fourth-order valence-corrected chi connectivity index (χ4v) is 2.15. The quantitative estimate of drug-likeness (QED) is 0.600. The molecule has 0 bridgehead atoms. The van der Waals surface area contributed by atoms with Crippen LogP contribution in [0, 0.1) is 0 Å². The van der Waals surface area contributed by atoms with Gasteiger partial charge in [-0.15, -0.1) is 0 Å². The molecule has 0 aliphatic carbocycles. The van der Waals surface area contributed by atoms with Crippen molar-refractivity contribution in [1.29, 1.82) is 0 Å². The van der Waals surface area contributed by atoms with E-state index >= 15 is 0 Å². The largest absolute Gasteiger partial charge is 0.485 e. The van der Waals surface area contributed by atoms with Crippen molar-refractivity contribution in [3.05, 3.63) is 65.0 Å². The molecular weight excluding hydrogens is 373 g/mol. The van der Waals surface area contributed by atoms with Crippen molar-refractivity contribution in [3.8, 4) is 17.1 Å². The van der Waals surface area contributed by atoms with Crippen LogP contribution in [-0.4, -0.2) is 22.5 Å². The van der Waals surface area contributed by atoms with Crippen LogP contribution in [0.5, 0.6) is 5.75 Å². The van der Waals surface area contributed by atoms with Gasteiger partial charge in [0.1, 0.15) is 5.75 Å². The number of Topliss-reactive ketones (excluding diaryl/α,β-unsaturated/α-hetero) is 1. The predicted octanol–water partition coefficient (Wildman–Crippen LogP) is 4.67. The lowest BCUT2D eigenvalue weighted by molar-refractivity contribution is -0.159. The minimum atomic E-state index is -4.71. The molecule has 3 rings (SSSR count). The van der Waals surface area contributed by atoms with Crippen LogP contribution >= 0.6 is 11.6 Å². The van der Waals surface area contributed by atoms with Gasteiger partial charge in [-0.25, -0.2) is 0 Å². The number of nitrogens with zero attached hydrogens (tertiary/aromatic N) is 2. The Morgan fingerprint density at radius 1 is 1.08 bits per heavy atom. The molecule has 9 heteroatoms. The maximum Gasteiger partial charge on any atom is 0.471 e. The van der Waals surface area contributed by atoms with E-state index in [9.17, 15) is 18.0 Å². The van der Waals surface area contributed by atoms with Crippen LogP contribution in [-0.2, 0) is 6.18 Å². The average Bonchev–Trinajstić information content (AvgIpc) is 3.12. The lowest BCUT2D eigenvalue weighted by Gasteiger charge is -2.06. The molecule has 0 aliphatic heterocycles. The Hall–Kier alpha value is -2.87. The van der Waals surface area contributed by atoms with Crippen molar-refractivity contribution in [1.82, 2.24) is 10.1 Å². The molecular formula is C17H10ClF3N2O3. The van der Waals surface area contributed by atoms with E-state index in [4.69, 9.17) is 16.3 Å². The van der Waals surface area contributed by atoms with Crippen molar-refractivity contribution in [2.45, 2.75) is 6.18 Å². The minimum absolute atomic E-state index is 0.193. The molecule has 1 aromatic heterocycles. The van der Waals surface area contributed by atoms with Gasteiger partial charge in [-0.1, -0.05) is 41.0 Å². The zero-order valence-electron chi connectivity index (χ0n) is 13.0. The Morgan fingerprint density at radius 3 is 2.31 bits per heavy atom. The number of carbonyl (C=O) groups is 1. The summed E-state index contributed by atoms with van der Waals surface area (Å²) in [6.45, 7) is -0.193. The summed E-state index contributed by atoms with van der Waals surface area (Å²) in [5.74, 6) is -1.45. The number of benzene rings is 2. The Balaban J connectivity index is 1.66.